The highest BCUT2D eigenvalue weighted by Gasteiger charge is 2.38. The highest BCUT2D eigenvalue weighted by atomic mass is 16.5. The van der Waals surface area contributed by atoms with Gasteiger partial charge in [-0.1, -0.05) is 42.5 Å². The molecule has 1 amide bonds. The molecule has 196 valence electrons. The Morgan fingerprint density at radius 1 is 0.789 bits per heavy atom. The number of carbonyl (C=O) groups excluding carboxylic acids is 2. The van der Waals surface area contributed by atoms with E-state index in [9.17, 15) is 9.59 Å². The second kappa shape index (κ2) is 11.0. The first kappa shape index (κ1) is 25.4. The van der Waals surface area contributed by atoms with Crippen LogP contribution in [0.1, 0.15) is 47.8 Å². The monoisotopic (exact) mass is 513 g/mol. The van der Waals surface area contributed by atoms with Crippen LogP contribution < -0.4 is 24.3 Å². The van der Waals surface area contributed by atoms with Crippen molar-refractivity contribution in [2.24, 2.45) is 0 Å². The van der Waals surface area contributed by atoms with Gasteiger partial charge < -0.3 is 24.3 Å². The minimum atomic E-state index is -0.282. The van der Waals surface area contributed by atoms with E-state index in [0.717, 1.165) is 22.4 Å². The molecule has 0 spiro atoms. The molecular weight excluding hydrogens is 482 g/mol. The largest absolute Gasteiger partial charge is 0.493 e. The van der Waals surface area contributed by atoms with Crippen LogP contribution >= 0.6 is 0 Å². The average Bonchev–Trinajstić information content (AvgIpc) is 2.95. The Kier molecular flexibility index (Phi) is 7.36. The van der Waals surface area contributed by atoms with Crippen molar-refractivity contribution in [3.8, 4) is 23.0 Å². The van der Waals surface area contributed by atoms with Gasteiger partial charge in [0.2, 0.25) is 11.7 Å². The van der Waals surface area contributed by atoms with Crippen LogP contribution in [-0.4, -0.2) is 33.0 Å². The summed E-state index contributed by atoms with van der Waals surface area (Å²) in [5.74, 6) is 1.87. The molecule has 0 bridgehead atoms. The van der Waals surface area contributed by atoms with Crippen LogP contribution in [0.3, 0.4) is 0 Å². The lowest BCUT2D eigenvalue weighted by atomic mass is 9.73. The van der Waals surface area contributed by atoms with Gasteiger partial charge in [0.1, 0.15) is 12.4 Å². The van der Waals surface area contributed by atoms with Crippen molar-refractivity contribution in [1.82, 2.24) is 5.32 Å². The number of ether oxygens (including phenoxy) is 4. The maximum atomic E-state index is 13.5. The summed E-state index contributed by atoms with van der Waals surface area (Å²) in [7, 11) is 4.69. The Bertz CT molecular complexity index is 1340. The van der Waals surface area contributed by atoms with Gasteiger partial charge in [0, 0.05) is 30.0 Å². The van der Waals surface area contributed by atoms with E-state index in [0.29, 0.717) is 48.0 Å². The number of hydrogen-bond donors (Lipinski definition) is 1. The predicted molar refractivity (Wildman–Crippen MR) is 143 cm³/mol. The van der Waals surface area contributed by atoms with E-state index in [1.165, 1.54) is 0 Å². The number of nitrogens with one attached hydrogen (secondary N) is 1. The molecule has 3 aromatic carbocycles. The van der Waals surface area contributed by atoms with Crippen LogP contribution in [-0.2, 0) is 16.2 Å². The molecule has 3 aromatic rings. The van der Waals surface area contributed by atoms with Crippen molar-refractivity contribution >= 4 is 11.7 Å². The van der Waals surface area contributed by atoms with E-state index in [2.05, 4.69) is 5.32 Å². The lowest BCUT2D eigenvalue weighted by molar-refractivity contribution is -0.122. The molecule has 7 nitrogen and oxygen atoms in total. The van der Waals surface area contributed by atoms with Crippen LogP contribution in [0.5, 0.6) is 23.0 Å². The number of hydrogen-bond acceptors (Lipinski definition) is 6. The molecule has 2 atom stereocenters. The molecule has 0 aromatic heterocycles. The first-order valence-corrected chi connectivity index (χ1v) is 12.6. The van der Waals surface area contributed by atoms with Crippen molar-refractivity contribution in [3.63, 3.8) is 0 Å². The van der Waals surface area contributed by atoms with Gasteiger partial charge >= 0.3 is 0 Å². The number of carbonyl (C=O) groups is 2. The van der Waals surface area contributed by atoms with E-state index in [1.807, 2.05) is 66.7 Å². The van der Waals surface area contributed by atoms with Crippen LogP contribution in [0.2, 0.25) is 0 Å². The molecule has 2 unspecified atom stereocenters. The maximum Gasteiger partial charge on any atom is 0.225 e. The Balaban J connectivity index is 1.39. The molecule has 2 aliphatic rings. The van der Waals surface area contributed by atoms with Crippen LogP contribution in [0.4, 0.5) is 0 Å². The number of Topliss-reactive ketones (excluding diaryl/α,β-unsaturated/α-hetero) is 1. The third-order valence-electron chi connectivity index (χ3n) is 7.23. The topological polar surface area (TPSA) is 83.1 Å². The number of rotatable bonds is 8. The second-order valence-corrected chi connectivity index (χ2v) is 9.53. The van der Waals surface area contributed by atoms with Gasteiger partial charge in [0.25, 0.3) is 0 Å². The average molecular weight is 514 g/mol. The van der Waals surface area contributed by atoms with Gasteiger partial charge in [-0.05, 0) is 53.3 Å². The highest BCUT2D eigenvalue weighted by Crippen LogP contribution is 2.46. The third-order valence-corrected chi connectivity index (χ3v) is 7.23. The highest BCUT2D eigenvalue weighted by molar-refractivity contribution is 6.02. The van der Waals surface area contributed by atoms with Crippen molar-refractivity contribution in [2.45, 2.75) is 37.7 Å². The summed E-state index contributed by atoms with van der Waals surface area (Å²) < 4.78 is 22.4. The van der Waals surface area contributed by atoms with Crippen LogP contribution in [0.15, 0.2) is 78.0 Å². The summed E-state index contributed by atoms with van der Waals surface area (Å²) in [6.45, 7) is 0.474. The number of benzene rings is 3. The molecule has 5 rings (SSSR count). The minimum absolute atomic E-state index is 0.0411. The molecule has 7 heteroatoms. The third kappa shape index (κ3) is 5.09. The zero-order valence-electron chi connectivity index (χ0n) is 21.8. The maximum absolute atomic E-state index is 13.5. The molecule has 0 saturated heterocycles. The molecule has 0 saturated carbocycles. The molecule has 1 heterocycles. The minimum Gasteiger partial charge on any atom is -0.493 e. The van der Waals surface area contributed by atoms with Gasteiger partial charge in [-0.15, -0.1) is 0 Å². The van der Waals surface area contributed by atoms with Crippen molar-refractivity contribution in [3.05, 3.63) is 94.7 Å². The molecule has 0 fully saturated rings. The first-order chi connectivity index (χ1) is 18.5. The molecule has 0 radical (unpaired) electrons. The SMILES string of the molecule is COc1cc(C2CC(=O)C3=C(C2)NC(=O)CC3c2ccc(OCc3ccccc3)cc2)cc(OC)c1OC. The standard InChI is InChI=1S/C31H31NO6/c1-35-27-15-22(16-28(36-2)31(27)37-3)21-13-25-30(26(33)14-21)24(17-29(34)32-25)20-9-11-23(12-10-20)38-18-19-7-5-4-6-8-19/h4-12,15-16,21,24H,13-14,17-18H2,1-3H3,(H,32,34). The smallest absolute Gasteiger partial charge is 0.225 e. The lowest BCUT2D eigenvalue weighted by Gasteiger charge is -2.34. The summed E-state index contributed by atoms with van der Waals surface area (Å²) >= 11 is 0. The first-order valence-electron chi connectivity index (χ1n) is 12.6. The summed E-state index contributed by atoms with van der Waals surface area (Å²) in [5.41, 5.74) is 4.32. The Morgan fingerprint density at radius 3 is 2.11 bits per heavy atom. The predicted octanol–water partition coefficient (Wildman–Crippen LogP) is 5.30. The van der Waals surface area contributed by atoms with Gasteiger partial charge in [0.15, 0.2) is 17.3 Å². The van der Waals surface area contributed by atoms with Crippen molar-refractivity contribution < 1.29 is 28.5 Å². The molecule has 1 aliphatic heterocycles. The zero-order valence-corrected chi connectivity index (χ0v) is 21.8. The zero-order chi connectivity index (χ0) is 26.6. The Hall–Kier alpha value is -4.26. The van der Waals surface area contributed by atoms with Gasteiger partial charge in [-0.2, -0.15) is 0 Å². The van der Waals surface area contributed by atoms with Gasteiger partial charge in [-0.3, -0.25) is 9.59 Å². The fourth-order valence-corrected chi connectivity index (χ4v) is 5.35. The normalized spacial score (nSPS) is 18.9. The number of amides is 1. The summed E-state index contributed by atoms with van der Waals surface area (Å²) in [5, 5.41) is 2.99. The summed E-state index contributed by atoms with van der Waals surface area (Å²) in [6.07, 6.45) is 1.12. The fraction of sp³-hybridized carbons (Fsp3) is 0.290. The summed E-state index contributed by atoms with van der Waals surface area (Å²) in [4.78, 5) is 26.3. The van der Waals surface area contributed by atoms with Crippen molar-refractivity contribution in [1.29, 1.82) is 0 Å². The van der Waals surface area contributed by atoms with Crippen molar-refractivity contribution in [2.75, 3.05) is 21.3 Å². The van der Waals surface area contributed by atoms with E-state index in [1.54, 1.807) is 21.3 Å². The number of allylic oxidation sites excluding steroid dienone is 2. The van der Waals surface area contributed by atoms with E-state index in [4.69, 9.17) is 18.9 Å². The van der Waals surface area contributed by atoms with Gasteiger partial charge in [0.05, 0.1) is 21.3 Å². The van der Waals surface area contributed by atoms with Crippen LogP contribution in [0, 0.1) is 0 Å². The van der Waals surface area contributed by atoms with E-state index < -0.39 is 0 Å². The summed E-state index contributed by atoms with van der Waals surface area (Å²) in [6, 6.07) is 21.4. The van der Waals surface area contributed by atoms with E-state index >= 15 is 0 Å². The van der Waals surface area contributed by atoms with Crippen LogP contribution in [0.25, 0.3) is 0 Å². The van der Waals surface area contributed by atoms with E-state index in [-0.39, 0.29) is 29.9 Å². The number of ketones is 1. The molecular formula is C31H31NO6. The molecule has 38 heavy (non-hydrogen) atoms. The second-order valence-electron chi connectivity index (χ2n) is 9.53. The fourth-order valence-electron chi connectivity index (χ4n) is 5.35. The lowest BCUT2D eigenvalue weighted by Crippen LogP contribution is -2.38. The Morgan fingerprint density at radius 2 is 1.47 bits per heavy atom. The molecule has 1 N–H and O–H groups in total. The molecule has 1 aliphatic carbocycles. The van der Waals surface area contributed by atoms with Gasteiger partial charge in [-0.25, -0.2) is 0 Å². The number of methoxy groups -OCH3 is 3. The Labute approximate surface area is 222 Å². The quantitative estimate of drug-likeness (QED) is 0.440.